The Balaban J connectivity index is 2.35. The summed E-state index contributed by atoms with van der Waals surface area (Å²) in [6.45, 7) is 0. The zero-order valence-corrected chi connectivity index (χ0v) is 23.5. The molecule has 0 saturated heterocycles. The van der Waals surface area contributed by atoms with E-state index in [0.717, 1.165) is 48.5 Å². The molecule has 42 heavy (non-hydrogen) atoms. The third-order valence-corrected chi connectivity index (χ3v) is 10.5. The Morgan fingerprint density at radius 3 is 0.762 bits per heavy atom. The summed E-state index contributed by atoms with van der Waals surface area (Å²) in [5, 5.41) is 0. The quantitative estimate of drug-likeness (QED) is 0.222. The molecular weight excluding hydrogens is 850 g/mol. The van der Waals surface area contributed by atoms with E-state index in [1.807, 2.05) is 0 Å². The Bertz CT molecular complexity index is 1150. The molecule has 0 aliphatic carbocycles. The molecule has 2 aromatic carbocycles. The van der Waals surface area contributed by atoms with Gasteiger partial charge in [-0.1, -0.05) is 0 Å². The van der Waals surface area contributed by atoms with E-state index in [1.165, 1.54) is 0 Å². The fourth-order valence-corrected chi connectivity index (χ4v) is 7.67. The van der Waals surface area contributed by atoms with Gasteiger partial charge in [-0.25, -0.2) is 0 Å². The Kier molecular flexibility index (Phi) is 10.9. The van der Waals surface area contributed by atoms with Gasteiger partial charge in [-0.15, -0.1) is 0 Å². The van der Waals surface area contributed by atoms with Crippen molar-refractivity contribution in [3.05, 3.63) is 55.7 Å². The van der Waals surface area contributed by atoms with Crippen LogP contribution >= 0.6 is 41.3 Å². The molecule has 2 aromatic rings. The molecule has 0 aliphatic rings. The van der Waals surface area contributed by atoms with Crippen LogP contribution in [0.4, 0.5) is 52.7 Å². The molecule has 0 unspecified atom stereocenters. The second-order valence-electron chi connectivity index (χ2n) is 6.90. The SMILES string of the molecule is O=C(OI(OC(=O)C(F)(F)F)c1ccc(-c2ccc(I(OC(=O)C(F)(F)F)OC(=O)C(F)(F)F)cc2)cc1)C(F)(F)F. The van der Waals surface area contributed by atoms with Crippen LogP contribution in [-0.2, 0) is 31.4 Å². The van der Waals surface area contributed by atoms with E-state index < -0.39 is 97.0 Å². The number of hydrogen-bond donors (Lipinski definition) is 0. The van der Waals surface area contributed by atoms with Crippen molar-refractivity contribution in [2.24, 2.45) is 0 Å². The van der Waals surface area contributed by atoms with Crippen LogP contribution in [0.15, 0.2) is 48.5 Å². The van der Waals surface area contributed by atoms with Crippen LogP contribution < -0.4 is 0 Å². The average Bonchev–Trinajstić information content (AvgIpc) is 2.85. The molecule has 0 fully saturated rings. The molecule has 0 aliphatic heterocycles. The van der Waals surface area contributed by atoms with E-state index in [9.17, 15) is 71.9 Å². The van der Waals surface area contributed by atoms with Crippen molar-refractivity contribution >= 4 is 65.2 Å². The van der Waals surface area contributed by atoms with Gasteiger partial charge in [0, 0.05) is 0 Å². The zero-order chi connectivity index (χ0) is 32.3. The van der Waals surface area contributed by atoms with Crippen LogP contribution in [0, 0.1) is 7.14 Å². The summed E-state index contributed by atoms with van der Waals surface area (Å²) in [5.74, 6) is -11.7. The van der Waals surface area contributed by atoms with Gasteiger partial charge in [-0.05, 0) is 0 Å². The topological polar surface area (TPSA) is 105 Å². The van der Waals surface area contributed by atoms with Crippen molar-refractivity contribution in [2.75, 3.05) is 0 Å². The first kappa shape index (κ1) is 35.1. The van der Waals surface area contributed by atoms with E-state index in [0.29, 0.717) is 0 Å². The van der Waals surface area contributed by atoms with Crippen molar-refractivity contribution in [1.82, 2.24) is 0 Å². The predicted octanol–water partition coefficient (Wildman–Crippen LogP) is 6.79. The molecule has 0 spiro atoms. The van der Waals surface area contributed by atoms with Gasteiger partial charge in [-0.2, -0.15) is 0 Å². The molecule has 0 bridgehead atoms. The van der Waals surface area contributed by atoms with Gasteiger partial charge in [0.25, 0.3) is 0 Å². The van der Waals surface area contributed by atoms with Crippen LogP contribution in [0.25, 0.3) is 11.1 Å². The Morgan fingerprint density at radius 1 is 0.405 bits per heavy atom. The molecule has 22 heteroatoms. The van der Waals surface area contributed by atoms with Crippen molar-refractivity contribution < 1.29 is 84.1 Å². The maximum atomic E-state index is 12.6. The van der Waals surface area contributed by atoms with E-state index in [2.05, 4.69) is 12.3 Å². The molecule has 0 heterocycles. The summed E-state index contributed by atoms with van der Waals surface area (Å²) in [6, 6.07) is 7.38. The van der Waals surface area contributed by atoms with Crippen molar-refractivity contribution in [3.8, 4) is 11.1 Å². The second kappa shape index (κ2) is 13.1. The zero-order valence-electron chi connectivity index (χ0n) is 19.2. The summed E-state index contributed by atoms with van der Waals surface area (Å²) in [6.07, 6.45) is -22.6. The first-order valence-corrected chi connectivity index (χ1v) is 15.5. The molecule has 0 saturated carbocycles. The van der Waals surface area contributed by atoms with Crippen LogP contribution in [-0.4, -0.2) is 48.6 Å². The first-order chi connectivity index (χ1) is 19.0. The minimum atomic E-state index is -5.65. The molecule has 0 radical (unpaired) electrons. The third-order valence-electron chi connectivity index (χ3n) is 3.86. The van der Waals surface area contributed by atoms with Gasteiger partial charge in [0.1, 0.15) is 0 Å². The summed E-state index contributed by atoms with van der Waals surface area (Å²) >= 11 is -9.46. The van der Waals surface area contributed by atoms with Gasteiger partial charge in [0.15, 0.2) is 0 Å². The normalized spacial score (nSPS) is 13.0. The van der Waals surface area contributed by atoms with E-state index in [1.54, 1.807) is 0 Å². The molecule has 0 atom stereocenters. The van der Waals surface area contributed by atoms with Crippen molar-refractivity contribution in [3.63, 3.8) is 0 Å². The second-order valence-corrected chi connectivity index (χ2v) is 13.6. The van der Waals surface area contributed by atoms with Crippen LogP contribution in [0.2, 0.25) is 0 Å². The number of carbonyl (C=O) groups is 4. The standard InChI is InChI=1S/C20H8F12I2O8/c21-17(22,23)13(35)39-33(40-14(36)18(24,25)26)11-5-1-9(2-6-11)10-3-7-12(8-4-10)34(41-15(37)19(27,28)29)42-16(38)20(30,31)32/h1-8H. The number of carbonyl (C=O) groups excluding carboxylic acids is 4. The number of hydrogen-bond acceptors (Lipinski definition) is 8. The minimum absolute atomic E-state index is 0.0744. The molecule has 8 nitrogen and oxygen atoms in total. The Labute approximate surface area is 240 Å². The van der Waals surface area contributed by atoms with Gasteiger partial charge in [-0.3, -0.25) is 0 Å². The molecule has 0 amide bonds. The summed E-state index contributed by atoms with van der Waals surface area (Å²) in [7, 11) is 0. The van der Waals surface area contributed by atoms with Gasteiger partial charge in [0.2, 0.25) is 0 Å². The number of benzene rings is 2. The predicted molar refractivity (Wildman–Crippen MR) is 126 cm³/mol. The number of alkyl halides is 12. The van der Waals surface area contributed by atoms with Crippen LogP contribution in [0.5, 0.6) is 0 Å². The first-order valence-electron chi connectivity index (χ1n) is 9.79. The van der Waals surface area contributed by atoms with E-state index >= 15 is 0 Å². The van der Waals surface area contributed by atoms with E-state index in [-0.39, 0.29) is 11.1 Å². The third kappa shape index (κ3) is 10.0. The van der Waals surface area contributed by atoms with Crippen molar-refractivity contribution in [2.45, 2.75) is 24.7 Å². The molecule has 234 valence electrons. The van der Waals surface area contributed by atoms with E-state index in [4.69, 9.17) is 0 Å². The van der Waals surface area contributed by atoms with Crippen LogP contribution in [0.3, 0.4) is 0 Å². The molecular formula is C20H8F12I2O8. The average molecular weight is 858 g/mol. The Hall–Kier alpha value is -3.06. The van der Waals surface area contributed by atoms with Crippen LogP contribution in [0.1, 0.15) is 0 Å². The monoisotopic (exact) mass is 858 g/mol. The molecule has 2 rings (SSSR count). The fraction of sp³-hybridized carbons (Fsp3) is 0.200. The Morgan fingerprint density at radius 2 is 0.595 bits per heavy atom. The van der Waals surface area contributed by atoms with Gasteiger partial charge < -0.3 is 0 Å². The van der Waals surface area contributed by atoms with Crippen molar-refractivity contribution in [1.29, 1.82) is 0 Å². The van der Waals surface area contributed by atoms with Gasteiger partial charge >= 0.3 is 241 Å². The maximum absolute atomic E-state index is 12.6. The van der Waals surface area contributed by atoms with Gasteiger partial charge in [0.05, 0.1) is 0 Å². The summed E-state index contributed by atoms with van der Waals surface area (Å²) in [4.78, 5) is 44.5. The number of rotatable bonds is 7. The molecule has 0 N–H and O–H groups in total. The molecule has 0 aromatic heterocycles. The fourth-order valence-electron chi connectivity index (χ4n) is 2.13. The number of halogens is 14. The summed E-state index contributed by atoms with van der Waals surface area (Å²) in [5.41, 5.74) is 0.149. The summed E-state index contributed by atoms with van der Waals surface area (Å²) < 4.78 is 165.